The Labute approximate surface area is 130 Å². The predicted molar refractivity (Wildman–Crippen MR) is 86.0 cm³/mol. The van der Waals surface area contributed by atoms with Crippen LogP contribution in [0.15, 0.2) is 24.4 Å². The molecule has 0 fully saturated rings. The van der Waals surface area contributed by atoms with Crippen molar-refractivity contribution in [1.82, 2.24) is 15.2 Å². The van der Waals surface area contributed by atoms with Crippen molar-refractivity contribution >= 4 is 17.5 Å². The number of aromatic nitrogens is 3. The van der Waals surface area contributed by atoms with Gasteiger partial charge in [-0.15, -0.1) is 5.10 Å². The van der Waals surface area contributed by atoms with Crippen molar-refractivity contribution in [3.63, 3.8) is 0 Å². The molecule has 7 heteroatoms. The lowest BCUT2D eigenvalue weighted by atomic mass is 10.2. The molecule has 2 rings (SSSR count). The number of anilines is 3. The molecule has 0 amide bonds. The molecule has 0 bridgehead atoms. The normalized spacial score (nSPS) is 11.6. The molecular weight excluding hydrogens is 282 g/mol. The Hall–Kier alpha value is -2.57. The molecule has 7 nitrogen and oxygen atoms in total. The number of ether oxygens (including phenoxy) is 2. The summed E-state index contributed by atoms with van der Waals surface area (Å²) in [6.07, 6.45) is 2.54. The second-order valence-corrected chi connectivity index (χ2v) is 4.81. The highest BCUT2D eigenvalue weighted by atomic mass is 16.5. The number of rotatable bonds is 7. The van der Waals surface area contributed by atoms with Crippen molar-refractivity contribution in [3.8, 4) is 11.5 Å². The predicted octanol–water partition coefficient (Wildman–Crippen LogP) is 2.84. The van der Waals surface area contributed by atoms with Crippen molar-refractivity contribution < 1.29 is 9.47 Å². The van der Waals surface area contributed by atoms with Crippen LogP contribution >= 0.6 is 0 Å². The molecule has 1 aromatic heterocycles. The maximum Gasteiger partial charge on any atom is 0.244 e. The Kier molecular flexibility index (Phi) is 5.35. The highest BCUT2D eigenvalue weighted by molar-refractivity contribution is 5.65. The van der Waals surface area contributed by atoms with E-state index in [0.717, 1.165) is 17.9 Å². The van der Waals surface area contributed by atoms with E-state index in [9.17, 15) is 0 Å². The van der Waals surface area contributed by atoms with Crippen molar-refractivity contribution in [2.45, 2.75) is 26.3 Å². The summed E-state index contributed by atoms with van der Waals surface area (Å²) in [6.45, 7) is 4.16. The summed E-state index contributed by atoms with van der Waals surface area (Å²) >= 11 is 0. The largest absolute Gasteiger partial charge is 0.497 e. The summed E-state index contributed by atoms with van der Waals surface area (Å²) in [5.74, 6) is 2.47. The van der Waals surface area contributed by atoms with Crippen LogP contribution in [-0.4, -0.2) is 35.4 Å². The van der Waals surface area contributed by atoms with Gasteiger partial charge in [0.05, 0.1) is 26.1 Å². The molecule has 0 aliphatic rings. The molecule has 2 N–H and O–H groups in total. The van der Waals surface area contributed by atoms with Gasteiger partial charge in [-0.05, 0) is 25.5 Å². The number of nitrogens with one attached hydrogen (secondary N) is 2. The van der Waals surface area contributed by atoms with Crippen LogP contribution in [-0.2, 0) is 0 Å². The van der Waals surface area contributed by atoms with Gasteiger partial charge in [-0.3, -0.25) is 0 Å². The molecule has 0 radical (unpaired) electrons. The van der Waals surface area contributed by atoms with Crippen molar-refractivity contribution in [2.24, 2.45) is 0 Å². The summed E-state index contributed by atoms with van der Waals surface area (Å²) in [5, 5.41) is 14.3. The van der Waals surface area contributed by atoms with E-state index in [1.165, 1.54) is 0 Å². The maximum absolute atomic E-state index is 5.35. The molecule has 0 aliphatic heterocycles. The molecule has 0 aliphatic carbocycles. The number of hydrogen-bond donors (Lipinski definition) is 2. The first-order chi connectivity index (χ1) is 10.7. The molecule has 0 saturated carbocycles. The van der Waals surface area contributed by atoms with Gasteiger partial charge in [0, 0.05) is 12.1 Å². The Bertz CT molecular complexity index is 621. The monoisotopic (exact) mass is 303 g/mol. The Morgan fingerprint density at radius 3 is 2.73 bits per heavy atom. The lowest BCUT2D eigenvalue weighted by Gasteiger charge is -2.13. The van der Waals surface area contributed by atoms with Gasteiger partial charge in [0.2, 0.25) is 5.95 Å². The highest BCUT2D eigenvalue weighted by Gasteiger charge is 2.08. The number of hydrogen-bond acceptors (Lipinski definition) is 7. The lowest BCUT2D eigenvalue weighted by Crippen LogP contribution is -2.16. The van der Waals surface area contributed by atoms with Gasteiger partial charge in [0.25, 0.3) is 0 Å². The van der Waals surface area contributed by atoms with E-state index < -0.39 is 0 Å². The van der Waals surface area contributed by atoms with Gasteiger partial charge in [0.1, 0.15) is 11.5 Å². The van der Waals surface area contributed by atoms with E-state index in [1.54, 1.807) is 26.5 Å². The molecule has 118 valence electrons. The summed E-state index contributed by atoms with van der Waals surface area (Å²) < 4.78 is 10.5. The highest BCUT2D eigenvalue weighted by Crippen LogP contribution is 2.30. The quantitative estimate of drug-likeness (QED) is 0.814. The molecule has 2 aromatic rings. The van der Waals surface area contributed by atoms with Gasteiger partial charge in [-0.25, -0.2) is 0 Å². The van der Waals surface area contributed by atoms with Gasteiger partial charge >= 0.3 is 0 Å². The number of benzene rings is 1. The van der Waals surface area contributed by atoms with E-state index in [-0.39, 0.29) is 6.04 Å². The van der Waals surface area contributed by atoms with Crippen molar-refractivity contribution in [3.05, 3.63) is 24.4 Å². The average molecular weight is 303 g/mol. The summed E-state index contributed by atoms with van der Waals surface area (Å²) in [5.41, 5.74) is 0.776. The third-order valence-electron chi connectivity index (χ3n) is 3.22. The second kappa shape index (κ2) is 7.44. The topological polar surface area (TPSA) is 81.2 Å². The molecule has 1 heterocycles. The Balaban J connectivity index is 2.18. The second-order valence-electron chi connectivity index (χ2n) is 4.81. The van der Waals surface area contributed by atoms with E-state index >= 15 is 0 Å². The fraction of sp³-hybridized carbons (Fsp3) is 0.400. The SMILES string of the molecule is CCC(C)Nc1nncc(Nc2ccc(OC)cc2OC)n1. The van der Waals surface area contributed by atoms with E-state index in [4.69, 9.17) is 9.47 Å². The summed E-state index contributed by atoms with van der Waals surface area (Å²) in [4.78, 5) is 4.39. The fourth-order valence-corrected chi connectivity index (χ4v) is 1.79. The average Bonchev–Trinajstić information content (AvgIpc) is 2.55. The van der Waals surface area contributed by atoms with E-state index in [2.05, 4.69) is 39.7 Å². The van der Waals surface area contributed by atoms with Crippen LogP contribution in [0.5, 0.6) is 11.5 Å². The standard InChI is InChI=1S/C15H21N5O2/c1-5-10(2)17-15-19-14(9-16-20-15)18-12-7-6-11(21-3)8-13(12)22-4/h6-10H,5H2,1-4H3,(H2,17,18,19,20). The third kappa shape index (κ3) is 3.97. The lowest BCUT2D eigenvalue weighted by molar-refractivity contribution is 0.395. The molecule has 1 aromatic carbocycles. The first-order valence-electron chi connectivity index (χ1n) is 7.11. The fourth-order valence-electron chi connectivity index (χ4n) is 1.79. The van der Waals surface area contributed by atoms with Crippen LogP contribution in [0.4, 0.5) is 17.5 Å². The molecule has 0 spiro atoms. The Morgan fingerprint density at radius 2 is 2.05 bits per heavy atom. The summed E-state index contributed by atoms with van der Waals surface area (Å²) in [7, 11) is 3.22. The minimum absolute atomic E-state index is 0.285. The van der Waals surface area contributed by atoms with Crippen LogP contribution in [0.3, 0.4) is 0 Å². The molecule has 1 unspecified atom stereocenters. The zero-order chi connectivity index (χ0) is 15.9. The van der Waals surface area contributed by atoms with Gasteiger partial charge < -0.3 is 20.1 Å². The van der Waals surface area contributed by atoms with Gasteiger partial charge in [0.15, 0.2) is 5.82 Å². The minimum atomic E-state index is 0.285. The zero-order valence-electron chi connectivity index (χ0n) is 13.3. The molecular formula is C15H21N5O2. The van der Waals surface area contributed by atoms with Crippen LogP contribution < -0.4 is 20.1 Å². The van der Waals surface area contributed by atoms with Gasteiger partial charge in [-0.2, -0.15) is 10.1 Å². The Morgan fingerprint density at radius 1 is 1.23 bits per heavy atom. The third-order valence-corrected chi connectivity index (χ3v) is 3.22. The first kappa shape index (κ1) is 15.8. The molecule has 22 heavy (non-hydrogen) atoms. The van der Waals surface area contributed by atoms with Crippen molar-refractivity contribution in [1.29, 1.82) is 0 Å². The zero-order valence-corrected chi connectivity index (χ0v) is 13.3. The maximum atomic E-state index is 5.35. The van der Waals surface area contributed by atoms with E-state index in [1.807, 2.05) is 12.1 Å². The van der Waals surface area contributed by atoms with Crippen LogP contribution in [0.1, 0.15) is 20.3 Å². The summed E-state index contributed by atoms with van der Waals surface area (Å²) in [6, 6.07) is 5.79. The molecule has 1 atom stereocenters. The van der Waals surface area contributed by atoms with E-state index in [0.29, 0.717) is 17.5 Å². The van der Waals surface area contributed by atoms with Crippen LogP contribution in [0.25, 0.3) is 0 Å². The molecule has 0 saturated heterocycles. The number of methoxy groups -OCH3 is 2. The number of nitrogens with zero attached hydrogens (tertiary/aromatic N) is 3. The smallest absolute Gasteiger partial charge is 0.244 e. The minimum Gasteiger partial charge on any atom is -0.497 e. The van der Waals surface area contributed by atoms with Crippen LogP contribution in [0, 0.1) is 0 Å². The van der Waals surface area contributed by atoms with Gasteiger partial charge in [-0.1, -0.05) is 6.92 Å². The van der Waals surface area contributed by atoms with Crippen LogP contribution in [0.2, 0.25) is 0 Å². The van der Waals surface area contributed by atoms with Crippen molar-refractivity contribution in [2.75, 3.05) is 24.9 Å². The first-order valence-corrected chi connectivity index (χ1v) is 7.11.